The first-order chi connectivity index (χ1) is 13.5. The summed E-state index contributed by atoms with van der Waals surface area (Å²) in [6, 6.07) is 1.55. The van der Waals surface area contributed by atoms with E-state index in [2.05, 4.69) is 15.3 Å². The van der Waals surface area contributed by atoms with Gasteiger partial charge in [0.25, 0.3) is 5.92 Å². The van der Waals surface area contributed by atoms with Crippen LogP contribution < -0.4 is 14.8 Å². The van der Waals surface area contributed by atoms with Gasteiger partial charge in [0.1, 0.15) is 6.04 Å². The molecular weight excluding hydrogens is 468 g/mol. The van der Waals surface area contributed by atoms with Crippen molar-refractivity contribution >= 4 is 34.0 Å². The van der Waals surface area contributed by atoms with E-state index in [1.54, 1.807) is 6.92 Å². The quantitative estimate of drug-likeness (QED) is 0.609. The van der Waals surface area contributed by atoms with Gasteiger partial charge < -0.3 is 10.1 Å². The van der Waals surface area contributed by atoms with Crippen LogP contribution in [0, 0.1) is 12.7 Å². The Labute approximate surface area is 182 Å². The van der Waals surface area contributed by atoms with Crippen molar-refractivity contribution < 1.29 is 26.3 Å². The van der Waals surface area contributed by atoms with Crippen molar-refractivity contribution in [1.82, 2.24) is 20.0 Å². The van der Waals surface area contributed by atoms with E-state index in [9.17, 15) is 21.6 Å². The number of alkyl halides is 2. The van der Waals surface area contributed by atoms with E-state index < -0.39 is 40.4 Å². The van der Waals surface area contributed by atoms with Crippen LogP contribution >= 0.6 is 24.0 Å². The second-order valence-electron chi connectivity index (χ2n) is 6.78. The van der Waals surface area contributed by atoms with E-state index in [0.29, 0.717) is 5.56 Å². The second kappa shape index (κ2) is 9.23. The number of aromatic nitrogens is 2. The van der Waals surface area contributed by atoms with Crippen LogP contribution in [0.3, 0.4) is 0 Å². The summed E-state index contributed by atoms with van der Waals surface area (Å²) in [4.78, 5) is 7.68. The monoisotopic (exact) mass is 486 g/mol. The average Bonchev–Trinajstić information content (AvgIpc) is 2.88. The summed E-state index contributed by atoms with van der Waals surface area (Å²) in [7, 11) is -3.89. The lowest BCUT2D eigenvalue weighted by molar-refractivity contribution is -0.000842. The van der Waals surface area contributed by atoms with E-state index in [4.69, 9.17) is 16.3 Å². The Morgan fingerprint density at radius 1 is 1.40 bits per heavy atom. The molecule has 1 aromatic heterocycles. The van der Waals surface area contributed by atoms with Crippen LogP contribution in [-0.4, -0.2) is 49.2 Å². The van der Waals surface area contributed by atoms with E-state index in [-0.39, 0.29) is 41.3 Å². The minimum Gasteiger partial charge on any atom is -0.435 e. The molecule has 0 radical (unpaired) electrons. The van der Waals surface area contributed by atoms with Gasteiger partial charge in [-0.05, 0) is 36.6 Å². The Morgan fingerprint density at radius 3 is 2.77 bits per heavy atom. The SMILES string of the molecule is Cc1cnc(Cl)nc1Oc1cccc(C[C@@H]2NCC(F)(F)[C@@H]2NS(C)(=O)=O)c1F.Cl. The molecule has 0 aliphatic carbocycles. The molecule has 0 bridgehead atoms. The zero-order valence-corrected chi connectivity index (χ0v) is 18.2. The Bertz CT molecular complexity index is 1030. The van der Waals surface area contributed by atoms with Crippen LogP contribution in [0.1, 0.15) is 11.1 Å². The van der Waals surface area contributed by atoms with Gasteiger partial charge in [0.05, 0.1) is 12.8 Å². The average molecular weight is 487 g/mol. The van der Waals surface area contributed by atoms with E-state index in [1.807, 2.05) is 4.72 Å². The molecule has 2 heterocycles. The zero-order chi connectivity index (χ0) is 21.4. The van der Waals surface area contributed by atoms with Crippen LogP contribution in [0.2, 0.25) is 5.28 Å². The van der Waals surface area contributed by atoms with Gasteiger partial charge in [0.2, 0.25) is 21.2 Å². The molecule has 166 valence electrons. The lowest BCUT2D eigenvalue weighted by Gasteiger charge is -2.24. The van der Waals surface area contributed by atoms with Crippen molar-refractivity contribution in [1.29, 1.82) is 0 Å². The highest BCUT2D eigenvalue weighted by Crippen LogP contribution is 2.32. The van der Waals surface area contributed by atoms with Gasteiger partial charge in [-0.2, -0.15) is 4.98 Å². The van der Waals surface area contributed by atoms with Gasteiger partial charge in [0.15, 0.2) is 11.6 Å². The Morgan fingerprint density at radius 2 is 2.10 bits per heavy atom. The maximum atomic E-state index is 14.9. The zero-order valence-electron chi connectivity index (χ0n) is 15.8. The molecule has 1 aliphatic heterocycles. The fourth-order valence-corrected chi connectivity index (χ4v) is 3.95. The molecule has 1 saturated heterocycles. The van der Waals surface area contributed by atoms with Crippen molar-refractivity contribution in [3.63, 3.8) is 0 Å². The summed E-state index contributed by atoms with van der Waals surface area (Å²) in [5, 5.41) is 2.48. The molecule has 30 heavy (non-hydrogen) atoms. The highest BCUT2D eigenvalue weighted by molar-refractivity contribution is 7.88. The Kier molecular flexibility index (Phi) is 7.57. The minimum atomic E-state index is -3.89. The predicted molar refractivity (Wildman–Crippen MR) is 108 cm³/mol. The molecule has 0 amide bonds. The number of nitrogens with zero attached hydrogens (tertiary/aromatic N) is 2. The molecule has 1 aliphatic rings. The lowest BCUT2D eigenvalue weighted by Crippen LogP contribution is -2.51. The van der Waals surface area contributed by atoms with Crippen LogP contribution in [0.15, 0.2) is 24.4 Å². The molecule has 1 aromatic carbocycles. The Hall–Kier alpha value is -1.66. The topological polar surface area (TPSA) is 93.2 Å². The van der Waals surface area contributed by atoms with Crippen molar-refractivity contribution in [3.05, 3.63) is 46.6 Å². The van der Waals surface area contributed by atoms with E-state index >= 15 is 0 Å². The first-order valence-electron chi connectivity index (χ1n) is 8.49. The molecule has 2 aromatic rings. The number of rotatable bonds is 6. The third-order valence-electron chi connectivity index (χ3n) is 4.38. The molecule has 3 rings (SSSR count). The smallest absolute Gasteiger partial charge is 0.277 e. The highest BCUT2D eigenvalue weighted by Gasteiger charge is 2.51. The fourth-order valence-electron chi connectivity index (χ4n) is 3.02. The molecule has 2 atom stereocenters. The summed E-state index contributed by atoms with van der Waals surface area (Å²) in [5.41, 5.74) is 0.601. The third kappa shape index (κ3) is 5.73. The van der Waals surface area contributed by atoms with Crippen molar-refractivity contribution in [2.24, 2.45) is 0 Å². The summed E-state index contributed by atoms with van der Waals surface area (Å²) >= 11 is 5.73. The van der Waals surface area contributed by atoms with Crippen LogP contribution in [-0.2, 0) is 16.4 Å². The largest absolute Gasteiger partial charge is 0.435 e. The van der Waals surface area contributed by atoms with Crippen LogP contribution in [0.25, 0.3) is 0 Å². The van der Waals surface area contributed by atoms with Gasteiger partial charge >= 0.3 is 0 Å². The number of benzene rings is 1. The number of halogens is 5. The number of sulfonamides is 1. The van der Waals surface area contributed by atoms with Crippen LogP contribution in [0.4, 0.5) is 13.2 Å². The highest BCUT2D eigenvalue weighted by atomic mass is 35.5. The normalized spacial score (nSPS) is 20.6. The maximum absolute atomic E-state index is 14.9. The van der Waals surface area contributed by atoms with Crippen molar-refractivity contribution in [3.8, 4) is 11.6 Å². The maximum Gasteiger partial charge on any atom is 0.277 e. The summed E-state index contributed by atoms with van der Waals surface area (Å²) in [6.45, 7) is 0.931. The third-order valence-corrected chi connectivity index (χ3v) is 5.25. The minimum absolute atomic E-state index is 0. The number of hydrogen-bond donors (Lipinski definition) is 2. The Balaban J connectivity index is 0.00000320. The standard InChI is InChI=1S/C17H18ClF3N4O3S.ClH/c1-9-7-22-16(18)24-15(9)28-12-5-3-4-10(13(12)19)6-11-14(25-29(2,26)27)17(20,21)8-23-11;/h3-5,7,11,14,23,25H,6,8H2,1-2H3;1H/t11-,14+;/m0./s1. The van der Waals surface area contributed by atoms with E-state index in [1.165, 1.54) is 24.4 Å². The second-order valence-corrected chi connectivity index (χ2v) is 8.90. The predicted octanol–water partition coefficient (Wildman–Crippen LogP) is 2.86. The lowest BCUT2D eigenvalue weighted by atomic mass is 9.99. The first kappa shape index (κ1) is 24.6. The molecule has 7 nitrogen and oxygen atoms in total. The van der Waals surface area contributed by atoms with Gasteiger partial charge in [-0.25, -0.2) is 31.3 Å². The number of nitrogens with one attached hydrogen (secondary N) is 2. The van der Waals surface area contributed by atoms with Crippen molar-refractivity contribution in [2.45, 2.75) is 31.4 Å². The van der Waals surface area contributed by atoms with E-state index in [0.717, 1.165) is 6.26 Å². The summed E-state index contributed by atoms with van der Waals surface area (Å²) in [6.07, 6.45) is 2.02. The molecule has 13 heteroatoms. The fraction of sp³-hybridized carbons (Fsp3) is 0.412. The molecule has 0 unspecified atom stereocenters. The molecule has 2 N–H and O–H groups in total. The van der Waals surface area contributed by atoms with Crippen LogP contribution in [0.5, 0.6) is 11.6 Å². The van der Waals surface area contributed by atoms with Gasteiger partial charge in [-0.15, -0.1) is 12.4 Å². The molecular formula is C17H19Cl2F3N4O3S. The van der Waals surface area contributed by atoms with Gasteiger partial charge in [-0.1, -0.05) is 12.1 Å². The van der Waals surface area contributed by atoms with Gasteiger partial charge in [-0.3, -0.25) is 0 Å². The number of hydrogen-bond acceptors (Lipinski definition) is 6. The summed E-state index contributed by atoms with van der Waals surface area (Å²) < 4.78 is 73.5. The first-order valence-corrected chi connectivity index (χ1v) is 10.8. The number of ether oxygens (including phenoxy) is 1. The number of aryl methyl sites for hydroxylation is 1. The molecule has 0 spiro atoms. The molecule has 0 saturated carbocycles. The summed E-state index contributed by atoms with van der Waals surface area (Å²) in [5.74, 6) is -4.19. The van der Waals surface area contributed by atoms with Crippen molar-refractivity contribution in [2.75, 3.05) is 12.8 Å². The van der Waals surface area contributed by atoms with Gasteiger partial charge in [0, 0.05) is 17.8 Å². The molecule has 1 fully saturated rings.